The van der Waals surface area contributed by atoms with E-state index in [4.69, 9.17) is 4.74 Å². The number of nitrogens with zero attached hydrogens (tertiary/aromatic N) is 1. The number of phenolic OH excluding ortho intramolecular Hbond substituents is 1. The quantitative estimate of drug-likeness (QED) is 0.879. The van der Waals surface area contributed by atoms with Crippen LogP contribution in [0.15, 0.2) is 24.3 Å². The standard InChI is InChI=1S/C18H24N2O3/c21-16-4-2-1-3-13(16)7-18(22)19-14-8-15-11-23-17(12-5-6-12)10-20(15)9-14/h1-4,12,14-15,17,21H,5-11H2,(H,19,22)/t14-,15-,17+/m0/s1. The van der Waals surface area contributed by atoms with Gasteiger partial charge >= 0.3 is 0 Å². The molecule has 3 atom stereocenters. The molecule has 0 radical (unpaired) electrons. The number of carbonyl (C=O) groups excluding carboxylic acids is 1. The molecule has 1 aromatic rings. The molecule has 124 valence electrons. The number of nitrogens with one attached hydrogen (secondary N) is 1. The van der Waals surface area contributed by atoms with Gasteiger partial charge < -0.3 is 15.2 Å². The molecule has 3 aliphatic rings. The van der Waals surface area contributed by atoms with Gasteiger partial charge in [0.1, 0.15) is 5.75 Å². The second kappa shape index (κ2) is 6.13. The van der Waals surface area contributed by atoms with E-state index in [2.05, 4.69) is 10.2 Å². The molecule has 2 heterocycles. The van der Waals surface area contributed by atoms with Gasteiger partial charge in [-0.15, -0.1) is 0 Å². The Hall–Kier alpha value is -1.59. The Labute approximate surface area is 136 Å². The summed E-state index contributed by atoms with van der Waals surface area (Å²) < 4.78 is 5.99. The van der Waals surface area contributed by atoms with Crippen LogP contribution in [0.4, 0.5) is 0 Å². The molecule has 1 aliphatic carbocycles. The van der Waals surface area contributed by atoms with Gasteiger partial charge in [-0.1, -0.05) is 18.2 Å². The van der Waals surface area contributed by atoms with E-state index in [1.165, 1.54) is 12.8 Å². The van der Waals surface area contributed by atoms with Gasteiger partial charge in [0.25, 0.3) is 0 Å². The van der Waals surface area contributed by atoms with Crippen molar-refractivity contribution in [1.82, 2.24) is 10.2 Å². The Bertz CT molecular complexity index is 587. The van der Waals surface area contributed by atoms with E-state index in [9.17, 15) is 9.90 Å². The number of benzene rings is 1. The predicted molar refractivity (Wildman–Crippen MR) is 86.2 cm³/mol. The van der Waals surface area contributed by atoms with Crippen molar-refractivity contribution in [3.05, 3.63) is 29.8 Å². The third-order valence-corrected chi connectivity index (χ3v) is 5.30. The van der Waals surface area contributed by atoms with E-state index in [1.54, 1.807) is 18.2 Å². The van der Waals surface area contributed by atoms with Crippen LogP contribution >= 0.6 is 0 Å². The number of phenols is 1. The van der Waals surface area contributed by atoms with Gasteiger partial charge in [-0.2, -0.15) is 0 Å². The first kappa shape index (κ1) is 15.0. The van der Waals surface area contributed by atoms with Crippen LogP contribution in [0, 0.1) is 5.92 Å². The number of fused-ring (bicyclic) bond motifs is 1. The number of rotatable bonds is 4. The molecule has 5 heteroatoms. The van der Waals surface area contributed by atoms with Gasteiger partial charge in [0.05, 0.1) is 19.1 Å². The highest BCUT2D eigenvalue weighted by Crippen LogP contribution is 2.37. The normalized spacial score (nSPS) is 30.9. The minimum Gasteiger partial charge on any atom is -0.508 e. The zero-order valence-corrected chi connectivity index (χ0v) is 13.3. The summed E-state index contributed by atoms with van der Waals surface area (Å²) in [5, 5.41) is 12.9. The van der Waals surface area contributed by atoms with E-state index in [0.717, 1.165) is 32.0 Å². The Morgan fingerprint density at radius 3 is 2.91 bits per heavy atom. The van der Waals surface area contributed by atoms with Crippen LogP contribution in [0.5, 0.6) is 5.75 Å². The topological polar surface area (TPSA) is 61.8 Å². The van der Waals surface area contributed by atoms with Crippen LogP contribution in [-0.4, -0.2) is 53.8 Å². The monoisotopic (exact) mass is 316 g/mol. The van der Waals surface area contributed by atoms with Crippen LogP contribution < -0.4 is 5.32 Å². The molecule has 2 N–H and O–H groups in total. The fraction of sp³-hybridized carbons (Fsp3) is 0.611. The van der Waals surface area contributed by atoms with Crippen molar-refractivity contribution in [2.24, 2.45) is 5.92 Å². The van der Waals surface area contributed by atoms with E-state index >= 15 is 0 Å². The summed E-state index contributed by atoms with van der Waals surface area (Å²) in [6, 6.07) is 7.66. The zero-order chi connectivity index (χ0) is 15.8. The second-order valence-corrected chi connectivity index (χ2v) is 7.12. The average molecular weight is 316 g/mol. The highest BCUT2D eigenvalue weighted by atomic mass is 16.5. The first-order valence-electron chi connectivity index (χ1n) is 8.61. The maximum Gasteiger partial charge on any atom is 0.224 e. The number of morpholine rings is 1. The molecule has 23 heavy (non-hydrogen) atoms. The lowest BCUT2D eigenvalue weighted by atomic mass is 10.1. The SMILES string of the molecule is O=C(Cc1ccccc1O)N[C@H]1C[C@H]2CO[C@@H](C3CC3)CN2C1. The molecule has 0 spiro atoms. The van der Waals surface area contributed by atoms with Crippen LogP contribution in [0.1, 0.15) is 24.8 Å². The molecule has 2 aliphatic heterocycles. The summed E-state index contributed by atoms with van der Waals surface area (Å²) in [4.78, 5) is 14.7. The van der Waals surface area contributed by atoms with Crippen LogP contribution in [-0.2, 0) is 16.0 Å². The Balaban J connectivity index is 1.30. The zero-order valence-electron chi connectivity index (χ0n) is 13.3. The lowest BCUT2D eigenvalue weighted by Crippen LogP contribution is -2.47. The van der Waals surface area contributed by atoms with Crippen molar-refractivity contribution in [3.8, 4) is 5.75 Å². The van der Waals surface area contributed by atoms with Gasteiger partial charge in [0, 0.05) is 30.7 Å². The van der Waals surface area contributed by atoms with Crippen LogP contribution in [0.3, 0.4) is 0 Å². The molecule has 0 bridgehead atoms. The van der Waals surface area contributed by atoms with Gasteiger partial charge in [-0.05, 0) is 31.2 Å². The van der Waals surface area contributed by atoms with E-state index in [1.807, 2.05) is 6.07 Å². The second-order valence-electron chi connectivity index (χ2n) is 7.12. The van der Waals surface area contributed by atoms with Crippen LogP contribution in [0.2, 0.25) is 0 Å². The van der Waals surface area contributed by atoms with Crippen molar-refractivity contribution in [2.75, 3.05) is 19.7 Å². The maximum atomic E-state index is 12.2. The molecular weight excluding hydrogens is 292 g/mol. The molecule has 5 nitrogen and oxygen atoms in total. The number of ether oxygens (including phenoxy) is 1. The highest BCUT2D eigenvalue weighted by molar-refractivity contribution is 5.79. The molecule has 0 unspecified atom stereocenters. The first-order chi connectivity index (χ1) is 11.2. The number of aromatic hydroxyl groups is 1. The smallest absolute Gasteiger partial charge is 0.224 e. The summed E-state index contributed by atoms with van der Waals surface area (Å²) in [5.74, 6) is 0.939. The fourth-order valence-electron chi connectivity index (χ4n) is 3.87. The third kappa shape index (κ3) is 3.35. The van der Waals surface area contributed by atoms with Gasteiger partial charge in [0.2, 0.25) is 5.91 Å². The minimum atomic E-state index is -0.0176. The number of hydrogen-bond acceptors (Lipinski definition) is 4. The van der Waals surface area contributed by atoms with Gasteiger partial charge in [-0.25, -0.2) is 0 Å². The fourth-order valence-corrected chi connectivity index (χ4v) is 3.87. The van der Waals surface area contributed by atoms with Crippen molar-refractivity contribution in [2.45, 2.75) is 43.9 Å². The highest BCUT2D eigenvalue weighted by Gasteiger charge is 2.42. The van der Waals surface area contributed by atoms with Crippen LogP contribution in [0.25, 0.3) is 0 Å². The molecule has 1 aromatic carbocycles. The van der Waals surface area contributed by atoms with E-state index in [0.29, 0.717) is 17.7 Å². The molecule has 4 rings (SSSR count). The predicted octanol–water partition coefficient (Wildman–Crippen LogP) is 1.30. The molecule has 1 saturated carbocycles. The Morgan fingerprint density at radius 1 is 1.30 bits per heavy atom. The molecular formula is C18H24N2O3. The number of hydrogen-bond donors (Lipinski definition) is 2. The lowest BCUT2D eigenvalue weighted by molar-refractivity contribution is -0.121. The lowest BCUT2D eigenvalue weighted by Gasteiger charge is -2.35. The van der Waals surface area contributed by atoms with E-state index in [-0.39, 0.29) is 24.1 Å². The summed E-state index contributed by atoms with van der Waals surface area (Å²) in [6.45, 7) is 2.73. The van der Waals surface area contributed by atoms with Crippen molar-refractivity contribution >= 4 is 5.91 Å². The first-order valence-corrected chi connectivity index (χ1v) is 8.61. The van der Waals surface area contributed by atoms with Gasteiger partial charge in [-0.3, -0.25) is 9.69 Å². The molecule has 1 amide bonds. The summed E-state index contributed by atoms with van der Waals surface area (Å²) in [6.07, 6.45) is 4.22. The summed E-state index contributed by atoms with van der Waals surface area (Å²) in [7, 11) is 0. The largest absolute Gasteiger partial charge is 0.508 e. The summed E-state index contributed by atoms with van der Waals surface area (Å²) in [5.41, 5.74) is 0.679. The average Bonchev–Trinajstić information content (AvgIpc) is 3.30. The maximum absolute atomic E-state index is 12.2. The molecule has 0 aromatic heterocycles. The van der Waals surface area contributed by atoms with Gasteiger partial charge in [0.15, 0.2) is 0 Å². The minimum absolute atomic E-state index is 0.0176. The number of carbonyl (C=O) groups is 1. The van der Waals surface area contributed by atoms with Crippen molar-refractivity contribution in [1.29, 1.82) is 0 Å². The van der Waals surface area contributed by atoms with Crippen molar-refractivity contribution in [3.63, 3.8) is 0 Å². The number of para-hydroxylation sites is 1. The Morgan fingerprint density at radius 2 is 2.13 bits per heavy atom. The molecule has 2 saturated heterocycles. The number of amides is 1. The summed E-state index contributed by atoms with van der Waals surface area (Å²) >= 11 is 0. The third-order valence-electron chi connectivity index (χ3n) is 5.30. The Kier molecular flexibility index (Phi) is 3.99. The van der Waals surface area contributed by atoms with E-state index < -0.39 is 0 Å². The molecule has 3 fully saturated rings. The van der Waals surface area contributed by atoms with Crippen molar-refractivity contribution < 1.29 is 14.6 Å².